The highest BCUT2D eigenvalue weighted by Crippen LogP contribution is 2.29. The second kappa shape index (κ2) is 8.13. The van der Waals surface area contributed by atoms with Crippen LogP contribution in [0.4, 0.5) is 0 Å². The average molecular weight is 372 g/mol. The van der Waals surface area contributed by atoms with Crippen LogP contribution in [0.25, 0.3) is 11.0 Å². The molecule has 0 saturated carbocycles. The van der Waals surface area contributed by atoms with Gasteiger partial charge in [0.2, 0.25) is 0 Å². The van der Waals surface area contributed by atoms with Gasteiger partial charge in [-0.2, -0.15) is 0 Å². The number of ether oxygens (including phenoxy) is 1. The quantitative estimate of drug-likeness (QED) is 0.790. The number of nitrogens with one attached hydrogen (secondary N) is 1. The van der Waals surface area contributed by atoms with Gasteiger partial charge in [0.05, 0.1) is 0 Å². The lowest BCUT2D eigenvalue weighted by molar-refractivity contribution is -0.123. The SMILES string of the molecule is CCN1CCCC1CNC(=O)COc1ccc2c(C)c(C)c(=O)oc2c1C. The maximum absolute atomic E-state index is 12.2. The van der Waals surface area contributed by atoms with Crippen LogP contribution in [0, 0.1) is 20.8 Å². The fraction of sp³-hybridized carbons (Fsp3) is 0.524. The van der Waals surface area contributed by atoms with Crippen molar-refractivity contribution in [1.82, 2.24) is 10.2 Å². The smallest absolute Gasteiger partial charge is 0.339 e. The van der Waals surface area contributed by atoms with Crippen LogP contribution in [0.2, 0.25) is 0 Å². The van der Waals surface area contributed by atoms with Gasteiger partial charge in [0.15, 0.2) is 6.61 Å². The van der Waals surface area contributed by atoms with Crippen molar-refractivity contribution in [3.63, 3.8) is 0 Å². The summed E-state index contributed by atoms with van der Waals surface area (Å²) in [6, 6.07) is 4.12. The molecule has 2 aromatic rings. The number of benzene rings is 1. The molecular weight excluding hydrogens is 344 g/mol. The van der Waals surface area contributed by atoms with Gasteiger partial charge in [-0.3, -0.25) is 9.69 Å². The lowest BCUT2D eigenvalue weighted by Crippen LogP contribution is -2.41. The van der Waals surface area contributed by atoms with E-state index in [9.17, 15) is 9.59 Å². The summed E-state index contributed by atoms with van der Waals surface area (Å²) >= 11 is 0. The normalized spacial score (nSPS) is 17.4. The van der Waals surface area contributed by atoms with E-state index < -0.39 is 0 Å². The molecule has 1 aromatic carbocycles. The minimum atomic E-state index is -0.338. The number of nitrogens with zero attached hydrogens (tertiary/aromatic N) is 1. The zero-order chi connectivity index (χ0) is 19.6. The number of aryl methyl sites for hydroxylation is 2. The van der Waals surface area contributed by atoms with E-state index in [0.717, 1.165) is 36.0 Å². The number of fused-ring (bicyclic) bond motifs is 1. The van der Waals surface area contributed by atoms with Gasteiger partial charge in [0.25, 0.3) is 5.91 Å². The Bertz CT molecular complexity index is 903. The monoisotopic (exact) mass is 372 g/mol. The molecule has 0 bridgehead atoms. The van der Waals surface area contributed by atoms with Gasteiger partial charge in [0, 0.05) is 29.1 Å². The molecule has 1 aromatic heterocycles. The van der Waals surface area contributed by atoms with Crippen molar-refractivity contribution in [3.05, 3.63) is 39.2 Å². The van der Waals surface area contributed by atoms with Gasteiger partial charge in [-0.05, 0) is 64.4 Å². The van der Waals surface area contributed by atoms with Crippen LogP contribution in [-0.4, -0.2) is 43.1 Å². The Morgan fingerprint density at radius 3 is 2.78 bits per heavy atom. The summed E-state index contributed by atoms with van der Waals surface area (Å²) in [4.78, 5) is 26.5. The van der Waals surface area contributed by atoms with Crippen molar-refractivity contribution in [3.8, 4) is 5.75 Å². The predicted octanol–water partition coefficient (Wildman–Crippen LogP) is 2.70. The fourth-order valence-electron chi connectivity index (χ4n) is 3.75. The third kappa shape index (κ3) is 4.00. The second-order valence-electron chi connectivity index (χ2n) is 7.22. The first-order valence-electron chi connectivity index (χ1n) is 9.59. The van der Waals surface area contributed by atoms with Gasteiger partial charge >= 0.3 is 5.63 Å². The van der Waals surface area contributed by atoms with Gasteiger partial charge < -0.3 is 14.5 Å². The summed E-state index contributed by atoms with van der Waals surface area (Å²) in [5.74, 6) is 0.416. The molecule has 27 heavy (non-hydrogen) atoms. The molecule has 0 radical (unpaired) electrons. The Balaban J connectivity index is 1.65. The molecule has 1 atom stereocenters. The Morgan fingerprint density at radius 2 is 2.04 bits per heavy atom. The second-order valence-corrected chi connectivity index (χ2v) is 7.22. The molecule has 0 spiro atoms. The lowest BCUT2D eigenvalue weighted by atomic mass is 10.0. The number of amides is 1. The summed E-state index contributed by atoms with van der Waals surface area (Å²) in [5, 5.41) is 3.85. The topological polar surface area (TPSA) is 71.8 Å². The molecule has 2 heterocycles. The molecule has 1 N–H and O–H groups in total. The number of rotatable bonds is 6. The van der Waals surface area contributed by atoms with Crippen molar-refractivity contribution < 1.29 is 13.9 Å². The molecule has 3 rings (SSSR count). The van der Waals surface area contributed by atoms with Gasteiger partial charge in [0.1, 0.15) is 11.3 Å². The number of hydrogen-bond acceptors (Lipinski definition) is 5. The summed E-state index contributed by atoms with van der Waals surface area (Å²) < 4.78 is 11.1. The van der Waals surface area contributed by atoms with E-state index in [4.69, 9.17) is 9.15 Å². The Hall–Kier alpha value is -2.34. The third-order valence-corrected chi connectivity index (χ3v) is 5.62. The van der Waals surface area contributed by atoms with E-state index in [2.05, 4.69) is 17.1 Å². The van der Waals surface area contributed by atoms with Crippen LogP contribution >= 0.6 is 0 Å². The highest BCUT2D eigenvalue weighted by molar-refractivity contribution is 5.85. The molecule has 1 fully saturated rings. The van der Waals surface area contributed by atoms with Crippen molar-refractivity contribution in [2.45, 2.75) is 46.6 Å². The minimum Gasteiger partial charge on any atom is -0.483 e. The van der Waals surface area contributed by atoms with E-state index in [1.54, 1.807) is 6.92 Å². The Labute approximate surface area is 159 Å². The number of likely N-dealkylation sites (tertiary alicyclic amines) is 1. The van der Waals surface area contributed by atoms with Gasteiger partial charge in [-0.1, -0.05) is 6.92 Å². The number of carbonyl (C=O) groups is 1. The highest BCUT2D eigenvalue weighted by Gasteiger charge is 2.23. The molecule has 1 aliphatic rings. The number of hydrogen-bond donors (Lipinski definition) is 1. The van der Waals surface area contributed by atoms with Crippen LogP contribution in [0.5, 0.6) is 5.75 Å². The zero-order valence-electron chi connectivity index (χ0n) is 16.6. The number of likely N-dealkylation sites (N-methyl/N-ethyl adjacent to an activating group) is 1. The van der Waals surface area contributed by atoms with Crippen molar-refractivity contribution in [2.24, 2.45) is 0 Å². The van der Waals surface area contributed by atoms with Crippen LogP contribution in [0.15, 0.2) is 21.3 Å². The van der Waals surface area contributed by atoms with Crippen molar-refractivity contribution >= 4 is 16.9 Å². The first-order valence-corrected chi connectivity index (χ1v) is 9.59. The largest absolute Gasteiger partial charge is 0.483 e. The maximum Gasteiger partial charge on any atom is 0.339 e. The molecule has 1 amide bonds. The highest BCUT2D eigenvalue weighted by atomic mass is 16.5. The molecule has 6 heteroatoms. The lowest BCUT2D eigenvalue weighted by Gasteiger charge is -2.22. The molecule has 6 nitrogen and oxygen atoms in total. The average Bonchev–Trinajstić information content (AvgIpc) is 3.12. The van der Waals surface area contributed by atoms with E-state index >= 15 is 0 Å². The first kappa shape index (κ1) is 19.4. The zero-order valence-corrected chi connectivity index (χ0v) is 16.6. The summed E-state index contributed by atoms with van der Waals surface area (Å²) in [5.41, 5.74) is 2.43. The number of carbonyl (C=O) groups excluding carboxylic acids is 1. The minimum absolute atomic E-state index is 0.0553. The summed E-state index contributed by atoms with van der Waals surface area (Å²) in [7, 11) is 0. The van der Waals surface area contributed by atoms with Gasteiger partial charge in [-0.15, -0.1) is 0 Å². The van der Waals surface area contributed by atoms with Crippen molar-refractivity contribution in [1.29, 1.82) is 0 Å². The van der Waals surface area contributed by atoms with Crippen LogP contribution in [-0.2, 0) is 4.79 Å². The van der Waals surface area contributed by atoms with E-state index in [0.29, 0.717) is 29.5 Å². The van der Waals surface area contributed by atoms with E-state index in [1.807, 2.05) is 26.0 Å². The third-order valence-electron chi connectivity index (χ3n) is 5.62. The van der Waals surface area contributed by atoms with E-state index in [1.165, 1.54) is 6.42 Å². The molecule has 0 aliphatic carbocycles. The molecule has 1 aliphatic heterocycles. The molecule has 1 unspecified atom stereocenters. The summed E-state index contributed by atoms with van der Waals surface area (Å²) in [6.07, 6.45) is 2.31. The van der Waals surface area contributed by atoms with Crippen molar-refractivity contribution in [2.75, 3.05) is 26.2 Å². The van der Waals surface area contributed by atoms with Crippen LogP contribution < -0.4 is 15.7 Å². The predicted molar refractivity (Wildman–Crippen MR) is 105 cm³/mol. The standard InChI is InChI=1S/C21H28N2O4/c1-5-23-10-6-7-16(23)11-22-19(24)12-26-18-9-8-17-13(2)14(3)21(25)27-20(17)15(18)4/h8-9,16H,5-7,10-12H2,1-4H3,(H,22,24). The molecular formula is C21H28N2O4. The summed E-state index contributed by atoms with van der Waals surface area (Å²) in [6.45, 7) is 10.4. The maximum atomic E-state index is 12.2. The molecule has 146 valence electrons. The van der Waals surface area contributed by atoms with Crippen LogP contribution in [0.3, 0.4) is 0 Å². The van der Waals surface area contributed by atoms with E-state index in [-0.39, 0.29) is 18.1 Å². The fourth-order valence-corrected chi connectivity index (χ4v) is 3.75. The Morgan fingerprint density at radius 1 is 1.26 bits per heavy atom. The van der Waals surface area contributed by atoms with Crippen LogP contribution in [0.1, 0.15) is 36.5 Å². The first-order chi connectivity index (χ1) is 12.9. The van der Waals surface area contributed by atoms with Gasteiger partial charge in [-0.25, -0.2) is 4.79 Å². The Kier molecular flexibility index (Phi) is 5.85. The molecule has 1 saturated heterocycles.